The summed E-state index contributed by atoms with van der Waals surface area (Å²) in [6, 6.07) is 7.89. The summed E-state index contributed by atoms with van der Waals surface area (Å²) in [4.78, 5) is 28.4. The number of aromatic hydroxyl groups is 1. The summed E-state index contributed by atoms with van der Waals surface area (Å²) in [5.74, 6) is -2.09. The third-order valence-electron chi connectivity index (χ3n) is 4.93. The molecule has 0 fully saturated rings. The van der Waals surface area contributed by atoms with Gasteiger partial charge in [0, 0.05) is 35.8 Å². The maximum Gasteiger partial charge on any atom is 0.345 e. The number of fused-ring (bicyclic) bond motifs is 1. The number of nitrogens with zero attached hydrogens (tertiary/aromatic N) is 2. The zero-order valence-electron chi connectivity index (χ0n) is 17.1. The highest BCUT2D eigenvalue weighted by Crippen LogP contribution is 2.36. The minimum Gasteiger partial charge on any atom is -0.506 e. The van der Waals surface area contributed by atoms with E-state index in [0.29, 0.717) is 11.3 Å². The number of carboxylic acids is 1. The average Bonchev–Trinajstić information content (AvgIpc) is 2.88. The van der Waals surface area contributed by atoms with Crippen LogP contribution < -0.4 is 5.56 Å². The van der Waals surface area contributed by atoms with E-state index in [4.69, 9.17) is 0 Å². The number of hydrogen-bond donors (Lipinski definition) is 3. The van der Waals surface area contributed by atoms with E-state index < -0.39 is 22.8 Å². The average molecular weight is 420 g/mol. The number of halogens is 1. The number of pyridine rings is 1. The summed E-state index contributed by atoms with van der Waals surface area (Å²) in [7, 11) is 6.03. The summed E-state index contributed by atoms with van der Waals surface area (Å²) in [5, 5.41) is 20.8. The smallest absolute Gasteiger partial charge is 0.345 e. The number of aromatic nitrogens is 2. The van der Waals surface area contributed by atoms with E-state index in [2.05, 4.69) is 20.5 Å². The number of benzene rings is 1. The fourth-order valence-electron chi connectivity index (χ4n) is 3.63. The first-order valence-corrected chi connectivity index (χ1v) is 9.07. The highest BCUT2D eigenvalue weighted by atomic mass is 35.5. The first-order chi connectivity index (χ1) is 13.1. The van der Waals surface area contributed by atoms with Crippen molar-refractivity contribution in [1.29, 1.82) is 0 Å². The van der Waals surface area contributed by atoms with Crippen molar-refractivity contribution in [2.75, 3.05) is 14.1 Å². The van der Waals surface area contributed by atoms with Crippen LogP contribution in [0.2, 0.25) is 0 Å². The number of H-pyrrole nitrogens is 1. The Balaban J connectivity index is 0.00000300. The number of aromatic amines is 1. The van der Waals surface area contributed by atoms with Crippen LogP contribution in [0.25, 0.3) is 22.2 Å². The van der Waals surface area contributed by atoms with Gasteiger partial charge in [0.1, 0.15) is 5.75 Å². The second-order valence-electron chi connectivity index (χ2n) is 7.63. The zero-order chi connectivity index (χ0) is 20.7. The molecule has 2 heterocycles. The summed E-state index contributed by atoms with van der Waals surface area (Å²) >= 11 is 0. The number of hydrogen-bond acceptors (Lipinski definition) is 4. The number of carbonyl (C=O) groups is 1. The third kappa shape index (κ3) is 4.02. The number of carboxylic acid groups (broad SMARTS) is 1. The molecule has 0 aliphatic carbocycles. The van der Waals surface area contributed by atoms with Crippen LogP contribution in [0.15, 0.2) is 29.1 Å². The summed E-state index contributed by atoms with van der Waals surface area (Å²) in [6.07, 6.45) is 0. The molecule has 1 aromatic carbocycles. The topological polar surface area (TPSA) is 98.6 Å². The molecule has 8 heteroatoms. The van der Waals surface area contributed by atoms with Gasteiger partial charge in [-0.15, -0.1) is 12.4 Å². The van der Waals surface area contributed by atoms with Crippen molar-refractivity contribution in [3.8, 4) is 17.0 Å². The Morgan fingerprint density at radius 2 is 1.90 bits per heavy atom. The number of aryl methyl sites for hydroxylation is 1. The van der Waals surface area contributed by atoms with Gasteiger partial charge in [-0.1, -0.05) is 19.9 Å². The lowest BCUT2D eigenvalue weighted by Crippen LogP contribution is -2.20. The van der Waals surface area contributed by atoms with Gasteiger partial charge in [-0.2, -0.15) is 0 Å². The summed E-state index contributed by atoms with van der Waals surface area (Å²) in [5.41, 5.74) is 2.36. The summed E-state index contributed by atoms with van der Waals surface area (Å²) < 4.78 is 2.12. The van der Waals surface area contributed by atoms with Crippen LogP contribution in [-0.4, -0.2) is 44.7 Å². The molecule has 29 heavy (non-hydrogen) atoms. The molecule has 3 N–H and O–H groups in total. The van der Waals surface area contributed by atoms with Gasteiger partial charge in [0.2, 0.25) is 0 Å². The lowest BCUT2D eigenvalue weighted by Gasteiger charge is -2.16. The number of nitrogens with one attached hydrogen (secondary N) is 1. The van der Waals surface area contributed by atoms with Gasteiger partial charge in [-0.25, -0.2) is 4.79 Å². The second-order valence-corrected chi connectivity index (χ2v) is 7.63. The van der Waals surface area contributed by atoms with Crippen molar-refractivity contribution in [3.63, 3.8) is 0 Å². The second kappa shape index (κ2) is 8.31. The van der Waals surface area contributed by atoms with Crippen molar-refractivity contribution >= 4 is 29.3 Å². The molecule has 156 valence electrons. The Kier molecular flexibility index (Phi) is 6.45. The van der Waals surface area contributed by atoms with Crippen LogP contribution in [0.5, 0.6) is 5.75 Å². The van der Waals surface area contributed by atoms with E-state index >= 15 is 0 Å². The minimum absolute atomic E-state index is 0. The molecule has 0 unspecified atom stereocenters. The SMILES string of the molecule is CC(C)c1c(-c2ccc3c(c2)cc(CN(C)C)n3C)[nH]c(=O)c(C(=O)O)c1O.Cl. The predicted octanol–water partition coefficient (Wildman–Crippen LogP) is 3.54. The molecule has 0 radical (unpaired) electrons. The maximum atomic E-state index is 12.3. The van der Waals surface area contributed by atoms with Crippen LogP contribution in [0, 0.1) is 0 Å². The Morgan fingerprint density at radius 3 is 2.45 bits per heavy atom. The monoisotopic (exact) mass is 419 g/mol. The molecule has 2 aromatic heterocycles. The first kappa shape index (κ1) is 22.5. The van der Waals surface area contributed by atoms with Crippen LogP contribution >= 0.6 is 12.4 Å². The molecule has 3 aromatic rings. The Hall–Kier alpha value is -2.77. The fraction of sp³-hybridized carbons (Fsp3) is 0.333. The lowest BCUT2D eigenvalue weighted by atomic mass is 9.94. The standard InChI is InChI=1S/C21H25N3O4.ClH/c1-11(2)16-18(22-20(26)17(19(16)25)21(27)28)12-6-7-15-13(8-12)9-14(24(15)5)10-23(3)4;/h6-9,11H,10H2,1-5H3,(H,27,28)(H2,22,25,26);1H. The van der Waals surface area contributed by atoms with Crippen molar-refractivity contribution < 1.29 is 15.0 Å². The first-order valence-electron chi connectivity index (χ1n) is 9.07. The Labute approximate surface area is 175 Å². The molecule has 0 saturated carbocycles. The van der Waals surface area contributed by atoms with Crippen LogP contribution in [0.3, 0.4) is 0 Å². The van der Waals surface area contributed by atoms with E-state index in [1.54, 1.807) is 0 Å². The molecule has 0 aliphatic heterocycles. The molecule has 0 saturated heterocycles. The molecular weight excluding hydrogens is 394 g/mol. The normalized spacial score (nSPS) is 11.3. The van der Waals surface area contributed by atoms with E-state index in [-0.39, 0.29) is 18.3 Å². The van der Waals surface area contributed by atoms with Gasteiger partial charge < -0.3 is 24.7 Å². The predicted molar refractivity (Wildman–Crippen MR) is 116 cm³/mol. The van der Waals surface area contributed by atoms with Crippen molar-refractivity contribution in [1.82, 2.24) is 14.5 Å². The molecule has 0 amide bonds. The number of rotatable bonds is 5. The van der Waals surface area contributed by atoms with Gasteiger partial charge >= 0.3 is 5.97 Å². The Morgan fingerprint density at radius 1 is 1.24 bits per heavy atom. The quantitative estimate of drug-likeness (QED) is 0.587. The van der Waals surface area contributed by atoms with Crippen LogP contribution in [0.1, 0.15) is 41.4 Å². The molecule has 0 spiro atoms. The molecular formula is C21H26ClN3O4. The molecule has 7 nitrogen and oxygen atoms in total. The molecule has 0 bridgehead atoms. The van der Waals surface area contributed by atoms with Crippen molar-refractivity contribution in [3.05, 3.63) is 51.4 Å². The highest BCUT2D eigenvalue weighted by Gasteiger charge is 2.24. The van der Waals surface area contributed by atoms with E-state index in [1.807, 2.05) is 53.2 Å². The van der Waals surface area contributed by atoms with E-state index in [1.165, 1.54) is 0 Å². The van der Waals surface area contributed by atoms with E-state index in [9.17, 15) is 19.8 Å². The van der Waals surface area contributed by atoms with Gasteiger partial charge in [0.15, 0.2) is 5.56 Å². The molecule has 0 aliphatic rings. The minimum atomic E-state index is -1.45. The zero-order valence-corrected chi connectivity index (χ0v) is 17.9. The highest BCUT2D eigenvalue weighted by molar-refractivity contribution is 5.93. The Bertz CT molecular complexity index is 1130. The lowest BCUT2D eigenvalue weighted by molar-refractivity contribution is 0.0691. The van der Waals surface area contributed by atoms with Crippen LogP contribution in [0.4, 0.5) is 0 Å². The largest absolute Gasteiger partial charge is 0.506 e. The molecule has 3 rings (SSSR count). The van der Waals surface area contributed by atoms with Crippen molar-refractivity contribution in [2.24, 2.45) is 7.05 Å². The fourth-order valence-corrected chi connectivity index (χ4v) is 3.63. The van der Waals surface area contributed by atoms with Crippen molar-refractivity contribution in [2.45, 2.75) is 26.3 Å². The van der Waals surface area contributed by atoms with E-state index in [0.717, 1.165) is 28.7 Å². The van der Waals surface area contributed by atoms with Gasteiger partial charge in [-0.05, 0) is 43.8 Å². The van der Waals surface area contributed by atoms with Crippen LogP contribution in [-0.2, 0) is 13.6 Å². The maximum absolute atomic E-state index is 12.3. The van der Waals surface area contributed by atoms with Gasteiger partial charge in [0.25, 0.3) is 5.56 Å². The van der Waals surface area contributed by atoms with Gasteiger partial charge in [0.05, 0.1) is 5.69 Å². The van der Waals surface area contributed by atoms with Gasteiger partial charge in [-0.3, -0.25) is 4.79 Å². The third-order valence-corrected chi connectivity index (χ3v) is 4.93. The summed E-state index contributed by atoms with van der Waals surface area (Å²) in [6.45, 7) is 4.49. The number of aromatic carboxylic acids is 1. The molecule has 0 atom stereocenters.